The average Bonchev–Trinajstić information content (AvgIpc) is 2.61. The van der Waals surface area contributed by atoms with E-state index in [9.17, 15) is 4.57 Å². The Hall–Kier alpha value is -1.45. The molecule has 0 unspecified atom stereocenters. The molecule has 2 rings (SSSR count). The number of hydrogen-bond donors (Lipinski definition) is 2. The summed E-state index contributed by atoms with van der Waals surface area (Å²) < 4.78 is 15.0. The Labute approximate surface area is 150 Å². The molecule has 0 spiro atoms. The normalized spacial score (nSPS) is 11.8. The van der Waals surface area contributed by atoms with E-state index < -0.39 is 7.82 Å². The highest BCUT2D eigenvalue weighted by Crippen LogP contribution is 2.36. The topological polar surface area (TPSA) is 66.8 Å². The molecule has 0 aliphatic rings. The van der Waals surface area contributed by atoms with Crippen molar-refractivity contribution < 1.29 is 18.9 Å². The van der Waals surface area contributed by atoms with E-state index >= 15 is 0 Å². The van der Waals surface area contributed by atoms with Crippen molar-refractivity contribution >= 4 is 7.82 Å². The fourth-order valence-electron chi connectivity index (χ4n) is 3.06. The van der Waals surface area contributed by atoms with Crippen LogP contribution in [-0.4, -0.2) is 16.4 Å². The summed E-state index contributed by atoms with van der Waals surface area (Å²) in [5.41, 5.74) is 2.70. The molecule has 0 atom stereocenters. The van der Waals surface area contributed by atoms with E-state index in [4.69, 9.17) is 9.79 Å². The largest absolute Gasteiger partial charge is 0.469 e. The molecule has 0 amide bonds. The number of benzene rings is 2. The van der Waals surface area contributed by atoms with Crippen LogP contribution in [0.1, 0.15) is 55.6 Å². The second-order valence-electron chi connectivity index (χ2n) is 6.25. The standard InChI is InChI=1S/C20H27O4P/c21-25(22,23)24-17-11-3-1-2-10-16-20(18-12-6-4-7-13-18)19-14-8-5-9-15-19/h4-9,12-15,20H,1-3,10-11,16-17H2,(H2,21,22,23). The summed E-state index contributed by atoms with van der Waals surface area (Å²) in [6, 6.07) is 21.2. The zero-order chi connectivity index (χ0) is 18.0. The van der Waals surface area contributed by atoms with E-state index in [1.807, 2.05) is 12.1 Å². The first kappa shape index (κ1) is 19.9. The highest BCUT2D eigenvalue weighted by Gasteiger charge is 2.14. The lowest BCUT2D eigenvalue weighted by Gasteiger charge is -2.18. The third-order valence-electron chi connectivity index (χ3n) is 4.30. The molecule has 4 nitrogen and oxygen atoms in total. The van der Waals surface area contributed by atoms with Crippen LogP contribution in [0.15, 0.2) is 60.7 Å². The molecule has 0 fully saturated rings. The van der Waals surface area contributed by atoms with Crippen molar-refractivity contribution in [2.45, 2.75) is 44.4 Å². The van der Waals surface area contributed by atoms with Gasteiger partial charge >= 0.3 is 7.82 Å². The predicted molar refractivity (Wildman–Crippen MR) is 100 cm³/mol. The minimum Gasteiger partial charge on any atom is -0.303 e. The van der Waals surface area contributed by atoms with E-state index in [0.29, 0.717) is 12.3 Å². The number of phosphoric acid groups is 1. The van der Waals surface area contributed by atoms with Crippen LogP contribution in [0.5, 0.6) is 0 Å². The lowest BCUT2D eigenvalue weighted by atomic mass is 9.87. The molecule has 2 N–H and O–H groups in total. The summed E-state index contributed by atoms with van der Waals surface area (Å²) in [4.78, 5) is 17.2. The number of unbranched alkanes of at least 4 members (excludes halogenated alkanes) is 4. The molecule has 0 radical (unpaired) electrons. The molecule has 5 heteroatoms. The molecule has 0 aromatic heterocycles. The van der Waals surface area contributed by atoms with Gasteiger partial charge in [0.15, 0.2) is 0 Å². The molecule has 0 saturated heterocycles. The summed E-state index contributed by atoms with van der Waals surface area (Å²) in [7, 11) is -4.31. The zero-order valence-corrected chi connectivity index (χ0v) is 15.4. The van der Waals surface area contributed by atoms with Crippen LogP contribution in [0.4, 0.5) is 0 Å². The smallest absolute Gasteiger partial charge is 0.303 e. The first-order valence-electron chi connectivity index (χ1n) is 8.86. The first-order chi connectivity index (χ1) is 12.1. The van der Waals surface area contributed by atoms with E-state index in [2.05, 4.69) is 53.1 Å². The zero-order valence-electron chi connectivity index (χ0n) is 14.5. The number of hydrogen-bond acceptors (Lipinski definition) is 2. The lowest BCUT2D eigenvalue weighted by Crippen LogP contribution is -2.01. The quantitative estimate of drug-likeness (QED) is 0.422. The average molecular weight is 362 g/mol. The van der Waals surface area contributed by atoms with Crippen LogP contribution >= 0.6 is 7.82 Å². The summed E-state index contributed by atoms with van der Waals surface area (Å²) in [6.45, 7) is 0.126. The minimum absolute atomic E-state index is 0.126. The fourth-order valence-corrected chi connectivity index (χ4v) is 3.43. The predicted octanol–water partition coefficient (Wildman–Crippen LogP) is 5.27. The van der Waals surface area contributed by atoms with Crippen LogP contribution in [0, 0.1) is 0 Å². The Morgan fingerprint density at radius 3 is 1.76 bits per heavy atom. The van der Waals surface area contributed by atoms with E-state index in [0.717, 1.165) is 32.1 Å². The molecular weight excluding hydrogens is 335 g/mol. The van der Waals surface area contributed by atoms with Gasteiger partial charge in [0.2, 0.25) is 0 Å². The summed E-state index contributed by atoms with van der Waals surface area (Å²) in [5, 5.41) is 0. The monoisotopic (exact) mass is 362 g/mol. The van der Waals surface area contributed by atoms with E-state index in [1.54, 1.807) is 0 Å². The molecular formula is C20H27O4P. The third kappa shape index (κ3) is 7.98. The molecule has 0 saturated carbocycles. The minimum atomic E-state index is -4.31. The van der Waals surface area contributed by atoms with Crippen molar-refractivity contribution in [2.24, 2.45) is 0 Å². The van der Waals surface area contributed by atoms with Crippen molar-refractivity contribution in [1.29, 1.82) is 0 Å². The highest BCUT2D eigenvalue weighted by molar-refractivity contribution is 7.46. The highest BCUT2D eigenvalue weighted by atomic mass is 31.2. The second-order valence-corrected chi connectivity index (χ2v) is 7.49. The maximum atomic E-state index is 10.6. The van der Waals surface area contributed by atoms with Gasteiger partial charge in [-0.05, 0) is 24.0 Å². The Kier molecular flexibility index (Phi) is 8.36. The Balaban J connectivity index is 1.75. The third-order valence-corrected chi connectivity index (χ3v) is 4.82. The van der Waals surface area contributed by atoms with Gasteiger partial charge in [-0.1, -0.05) is 86.3 Å². The van der Waals surface area contributed by atoms with Crippen LogP contribution in [0.25, 0.3) is 0 Å². The van der Waals surface area contributed by atoms with Gasteiger partial charge in [0.1, 0.15) is 0 Å². The van der Waals surface area contributed by atoms with Crippen molar-refractivity contribution in [3.63, 3.8) is 0 Å². The maximum absolute atomic E-state index is 10.6. The fraction of sp³-hybridized carbons (Fsp3) is 0.400. The van der Waals surface area contributed by atoms with Gasteiger partial charge in [0, 0.05) is 5.92 Å². The van der Waals surface area contributed by atoms with Gasteiger partial charge < -0.3 is 9.79 Å². The first-order valence-corrected chi connectivity index (χ1v) is 10.4. The molecule has 0 heterocycles. The molecule has 0 aliphatic heterocycles. The lowest BCUT2D eigenvalue weighted by molar-refractivity contribution is 0.193. The Morgan fingerprint density at radius 2 is 1.24 bits per heavy atom. The van der Waals surface area contributed by atoms with Crippen molar-refractivity contribution in [3.8, 4) is 0 Å². The summed E-state index contributed by atoms with van der Waals surface area (Å²) >= 11 is 0. The summed E-state index contributed by atoms with van der Waals surface area (Å²) in [6.07, 6.45) is 6.03. The Morgan fingerprint density at radius 1 is 0.760 bits per heavy atom. The van der Waals surface area contributed by atoms with Crippen molar-refractivity contribution in [3.05, 3.63) is 71.8 Å². The van der Waals surface area contributed by atoms with E-state index in [1.165, 1.54) is 11.1 Å². The molecule has 2 aromatic rings. The molecule has 25 heavy (non-hydrogen) atoms. The molecule has 136 valence electrons. The van der Waals surface area contributed by atoms with Crippen LogP contribution < -0.4 is 0 Å². The summed E-state index contributed by atoms with van der Waals surface area (Å²) in [5.74, 6) is 0.417. The molecule has 0 bridgehead atoms. The van der Waals surface area contributed by atoms with Gasteiger partial charge in [-0.3, -0.25) is 4.52 Å². The number of rotatable bonds is 11. The Bertz CT molecular complexity index is 600. The van der Waals surface area contributed by atoms with Crippen molar-refractivity contribution in [2.75, 3.05) is 6.61 Å². The van der Waals surface area contributed by atoms with Gasteiger partial charge in [-0.2, -0.15) is 0 Å². The maximum Gasteiger partial charge on any atom is 0.469 e. The van der Waals surface area contributed by atoms with E-state index in [-0.39, 0.29) is 6.61 Å². The molecule has 0 aliphatic carbocycles. The van der Waals surface area contributed by atoms with Crippen LogP contribution in [0.2, 0.25) is 0 Å². The van der Waals surface area contributed by atoms with Gasteiger partial charge in [0.05, 0.1) is 6.61 Å². The van der Waals surface area contributed by atoms with Crippen LogP contribution in [-0.2, 0) is 9.09 Å². The SMILES string of the molecule is O=P(O)(O)OCCCCCCCC(c1ccccc1)c1ccccc1. The second kappa shape index (κ2) is 10.5. The van der Waals surface area contributed by atoms with Gasteiger partial charge in [-0.25, -0.2) is 4.57 Å². The molecule has 2 aromatic carbocycles. The van der Waals surface area contributed by atoms with Gasteiger partial charge in [0.25, 0.3) is 0 Å². The van der Waals surface area contributed by atoms with Gasteiger partial charge in [-0.15, -0.1) is 0 Å². The van der Waals surface area contributed by atoms with Crippen LogP contribution in [0.3, 0.4) is 0 Å². The number of phosphoric ester groups is 1. The van der Waals surface area contributed by atoms with Crippen molar-refractivity contribution in [1.82, 2.24) is 0 Å².